The summed E-state index contributed by atoms with van der Waals surface area (Å²) < 4.78 is 1.87. The third-order valence-corrected chi connectivity index (χ3v) is 3.35. The van der Waals surface area contributed by atoms with Gasteiger partial charge in [0.25, 0.3) is 0 Å². The van der Waals surface area contributed by atoms with E-state index in [0.29, 0.717) is 10.7 Å². The number of carbonyl (C=O) groups is 1. The van der Waals surface area contributed by atoms with Crippen molar-refractivity contribution in [1.82, 2.24) is 4.57 Å². The van der Waals surface area contributed by atoms with Gasteiger partial charge in [-0.25, -0.2) is 4.79 Å². The number of hydrogen-bond acceptors (Lipinski definition) is 1. The van der Waals surface area contributed by atoms with Crippen LogP contribution in [0.1, 0.15) is 47.9 Å². The third-order valence-electron chi connectivity index (χ3n) is 2.96. The van der Waals surface area contributed by atoms with Crippen LogP contribution in [0.15, 0.2) is 0 Å². The second-order valence-corrected chi connectivity index (χ2v) is 4.21. The Balaban J connectivity index is 3.42. The summed E-state index contributed by atoms with van der Waals surface area (Å²) in [6, 6.07) is 0. The molecule has 1 aromatic rings. The largest absolute Gasteiger partial charge is 0.478 e. The van der Waals surface area contributed by atoms with Crippen molar-refractivity contribution in [2.75, 3.05) is 0 Å². The van der Waals surface area contributed by atoms with Gasteiger partial charge in [-0.1, -0.05) is 25.4 Å². The molecule has 0 spiro atoms. The normalized spacial score (nSPS) is 12.9. The van der Waals surface area contributed by atoms with Crippen LogP contribution in [0.25, 0.3) is 0 Å². The zero-order valence-electron chi connectivity index (χ0n) is 9.47. The molecule has 0 aliphatic rings. The quantitative estimate of drug-likeness (QED) is 0.865. The lowest BCUT2D eigenvalue weighted by Gasteiger charge is -2.11. The molecule has 4 heteroatoms. The van der Waals surface area contributed by atoms with Crippen molar-refractivity contribution in [3.05, 3.63) is 22.0 Å². The van der Waals surface area contributed by atoms with Gasteiger partial charge in [-0.3, -0.25) is 0 Å². The van der Waals surface area contributed by atoms with Gasteiger partial charge in [-0.05, 0) is 19.3 Å². The Morgan fingerprint density at radius 1 is 1.60 bits per heavy atom. The molecular weight excluding hydrogens is 214 g/mol. The zero-order chi connectivity index (χ0) is 11.7. The Labute approximate surface area is 94.7 Å². The van der Waals surface area contributed by atoms with Crippen molar-refractivity contribution in [3.8, 4) is 0 Å². The highest BCUT2D eigenvalue weighted by atomic mass is 35.5. The number of nitrogens with zero attached hydrogens (tertiary/aromatic N) is 1. The van der Waals surface area contributed by atoms with E-state index < -0.39 is 5.97 Å². The van der Waals surface area contributed by atoms with Crippen LogP contribution in [0.2, 0.25) is 5.02 Å². The molecule has 0 saturated carbocycles. The van der Waals surface area contributed by atoms with Crippen LogP contribution in [0.3, 0.4) is 0 Å². The van der Waals surface area contributed by atoms with Crippen molar-refractivity contribution >= 4 is 17.6 Å². The number of halogens is 1. The van der Waals surface area contributed by atoms with Gasteiger partial charge < -0.3 is 9.67 Å². The van der Waals surface area contributed by atoms with E-state index in [1.165, 1.54) is 0 Å². The molecule has 0 bridgehead atoms. The summed E-state index contributed by atoms with van der Waals surface area (Å²) in [5, 5.41) is 9.43. The fraction of sp³-hybridized carbons (Fsp3) is 0.545. The summed E-state index contributed by atoms with van der Waals surface area (Å²) >= 11 is 6.10. The predicted molar refractivity (Wildman–Crippen MR) is 60.8 cm³/mol. The van der Waals surface area contributed by atoms with Gasteiger partial charge in [0.1, 0.15) is 0 Å². The summed E-state index contributed by atoms with van der Waals surface area (Å²) in [6.45, 7) is 5.89. The lowest BCUT2D eigenvalue weighted by atomic mass is 10.0. The van der Waals surface area contributed by atoms with Crippen molar-refractivity contribution < 1.29 is 9.90 Å². The van der Waals surface area contributed by atoms with E-state index in [2.05, 4.69) is 6.92 Å². The Hall–Kier alpha value is -0.960. The molecule has 1 heterocycles. The van der Waals surface area contributed by atoms with E-state index >= 15 is 0 Å². The fourth-order valence-electron chi connectivity index (χ4n) is 1.77. The summed E-state index contributed by atoms with van der Waals surface area (Å²) in [5.41, 5.74) is 1.85. The van der Waals surface area contributed by atoms with Gasteiger partial charge in [0.2, 0.25) is 0 Å². The molecule has 1 N–H and O–H groups in total. The second kappa shape index (κ2) is 4.27. The van der Waals surface area contributed by atoms with Crippen molar-refractivity contribution in [2.24, 2.45) is 7.05 Å². The van der Waals surface area contributed by atoms with E-state index in [9.17, 15) is 4.79 Å². The van der Waals surface area contributed by atoms with Gasteiger partial charge in [-0.15, -0.1) is 0 Å². The Morgan fingerprint density at radius 3 is 2.47 bits per heavy atom. The van der Waals surface area contributed by atoms with Crippen LogP contribution >= 0.6 is 11.6 Å². The smallest absolute Gasteiger partial charge is 0.339 e. The molecule has 0 aliphatic heterocycles. The Kier molecular flexibility index (Phi) is 3.45. The highest BCUT2D eigenvalue weighted by Gasteiger charge is 2.24. The summed E-state index contributed by atoms with van der Waals surface area (Å²) in [7, 11) is 1.86. The van der Waals surface area contributed by atoms with Crippen molar-refractivity contribution in [3.63, 3.8) is 0 Å². The molecular formula is C11H16ClNO2. The van der Waals surface area contributed by atoms with Crippen LogP contribution in [-0.2, 0) is 7.05 Å². The molecule has 0 radical (unpaired) electrons. The molecule has 1 atom stereocenters. The number of carboxylic acids is 1. The average molecular weight is 230 g/mol. The van der Waals surface area contributed by atoms with Crippen LogP contribution in [0, 0.1) is 6.92 Å². The molecule has 0 saturated heterocycles. The summed E-state index contributed by atoms with van der Waals surface area (Å²) in [5.74, 6) is -0.683. The standard InChI is InChI=1S/C11H16ClNO2/c1-5-6(2)10-9(12)8(11(14)15)7(3)13(10)4/h6H,5H2,1-4H3,(H,14,15). The summed E-state index contributed by atoms with van der Waals surface area (Å²) in [6.07, 6.45) is 0.941. The van der Waals surface area contributed by atoms with Crippen LogP contribution < -0.4 is 0 Å². The fourth-order valence-corrected chi connectivity index (χ4v) is 2.30. The molecule has 1 unspecified atom stereocenters. The predicted octanol–water partition coefficient (Wildman–Crippen LogP) is 3.20. The molecule has 0 fully saturated rings. The average Bonchev–Trinajstić information content (AvgIpc) is 2.37. The Morgan fingerprint density at radius 2 is 2.13 bits per heavy atom. The summed E-state index contributed by atoms with van der Waals surface area (Å²) in [4.78, 5) is 11.0. The monoisotopic (exact) mass is 229 g/mol. The van der Waals surface area contributed by atoms with E-state index in [1.54, 1.807) is 6.92 Å². The lowest BCUT2D eigenvalue weighted by molar-refractivity contribution is 0.0696. The Bertz CT molecular complexity index is 396. The number of aromatic nitrogens is 1. The minimum atomic E-state index is -0.956. The minimum Gasteiger partial charge on any atom is -0.478 e. The zero-order valence-corrected chi connectivity index (χ0v) is 10.2. The number of carboxylic acid groups (broad SMARTS) is 1. The minimum absolute atomic E-state index is 0.231. The maximum absolute atomic E-state index is 11.0. The van der Waals surface area contributed by atoms with Crippen molar-refractivity contribution in [2.45, 2.75) is 33.1 Å². The second-order valence-electron chi connectivity index (χ2n) is 3.83. The van der Waals surface area contributed by atoms with Crippen LogP contribution in [0.4, 0.5) is 0 Å². The molecule has 3 nitrogen and oxygen atoms in total. The first-order chi connectivity index (χ1) is 6.91. The van der Waals surface area contributed by atoms with E-state index in [0.717, 1.165) is 12.1 Å². The lowest BCUT2D eigenvalue weighted by Crippen LogP contribution is -2.02. The molecule has 1 rings (SSSR count). The van der Waals surface area contributed by atoms with Gasteiger partial charge in [-0.2, -0.15) is 0 Å². The maximum Gasteiger partial charge on any atom is 0.339 e. The van der Waals surface area contributed by atoms with Gasteiger partial charge in [0, 0.05) is 18.4 Å². The highest BCUT2D eigenvalue weighted by molar-refractivity contribution is 6.34. The highest BCUT2D eigenvalue weighted by Crippen LogP contribution is 2.33. The first-order valence-electron chi connectivity index (χ1n) is 4.99. The maximum atomic E-state index is 11.0. The number of hydrogen-bond donors (Lipinski definition) is 1. The number of aromatic carboxylic acids is 1. The number of rotatable bonds is 3. The first-order valence-corrected chi connectivity index (χ1v) is 5.37. The van der Waals surface area contributed by atoms with Crippen molar-refractivity contribution in [1.29, 1.82) is 0 Å². The third kappa shape index (κ3) is 1.88. The molecule has 0 aliphatic carbocycles. The van der Waals surface area contributed by atoms with Crippen LogP contribution in [-0.4, -0.2) is 15.6 Å². The van der Waals surface area contributed by atoms with E-state index in [-0.39, 0.29) is 11.5 Å². The molecule has 0 amide bonds. The molecule has 84 valence electrons. The molecule has 0 aromatic carbocycles. The van der Waals surface area contributed by atoms with Gasteiger partial charge in [0.15, 0.2) is 0 Å². The van der Waals surface area contributed by atoms with Gasteiger partial charge in [0.05, 0.1) is 10.6 Å². The van der Waals surface area contributed by atoms with E-state index in [1.807, 2.05) is 18.5 Å². The SMILES string of the molecule is CCC(C)c1c(Cl)c(C(=O)O)c(C)n1C. The van der Waals surface area contributed by atoms with Crippen LogP contribution in [0.5, 0.6) is 0 Å². The van der Waals surface area contributed by atoms with E-state index in [4.69, 9.17) is 16.7 Å². The molecule has 1 aromatic heterocycles. The first kappa shape index (κ1) is 12.1. The topological polar surface area (TPSA) is 42.2 Å². The van der Waals surface area contributed by atoms with Gasteiger partial charge >= 0.3 is 5.97 Å². The molecule has 15 heavy (non-hydrogen) atoms.